The highest BCUT2D eigenvalue weighted by Crippen LogP contribution is 2.29. The maximum absolute atomic E-state index is 13.8. The van der Waals surface area contributed by atoms with Crippen LogP contribution in [0.4, 0.5) is 0 Å². The molecule has 3 heterocycles. The average molecular weight is 691 g/mol. The number of oxazole rings is 1. The van der Waals surface area contributed by atoms with Gasteiger partial charge in [0, 0.05) is 38.5 Å². The summed E-state index contributed by atoms with van der Waals surface area (Å²) in [5.41, 5.74) is 0.560. The number of amides is 2. The lowest BCUT2D eigenvalue weighted by atomic mass is 9.94. The minimum atomic E-state index is -3.87. The number of hydrogen-bond acceptors (Lipinski definition) is 11. The zero-order valence-corrected chi connectivity index (χ0v) is 29.6. The van der Waals surface area contributed by atoms with Gasteiger partial charge in [0.15, 0.2) is 15.5 Å². The molecule has 1 aromatic heterocycles. The van der Waals surface area contributed by atoms with E-state index >= 15 is 0 Å². The van der Waals surface area contributed by atoms with Crippen LogP contribution in [0.2, 0.25) is 0 Å². The molecule has 0 saturated carbocycles. The molecule has 4 bridgehead atoms. The van der Waals surface area contributed by atoms with Crippen molar-refractivity contribution in [3.05, 3.63) is 53.8 Å². The molecule has 2 aliphatic rings. The SMILES string of the molecule is CCN(CC)CCS(=O)(=O)C1CN2CC1C(=O)OC(C(C)C)C(C)C=CC(=O)NCC=CC(C)=CC(O)CC(=O)Cc1nc(co1)C2=O. The van der Waals surface area contributed by atoms with Crippen molar-refractivity contribution in [3.8, 4) is 0 Å². The molecule has 48 heavy (non-hydrogen) atoms. The molecule has 0 spiro atoms. The Morgan fingerprint density at radius 2 is 1.83 bits per heavy atom. The molecule has 1 aromatic rings. The molecule has 2 amide bonds. The molecule has 2 aliphatic heterocycles. The van der Waals surface area contributed by atoms with Crippen LogP contribution in [0.1, 0.15) is 64.3 Å². The predicted octanol–water partition coefficient (Wildman–Crippen LogP) is 2.13. The summed E-state index contributed by atoms with van der Waals surface area (Å²) in [6.07, 6.45) is 6.81. The standard InChI is InChI=1S/C34H50N4O9S/c1-7-37(8-2)14-15-48(44,45)29-20-38-19-27(29)34(43)47-32(22(3)4)24(6)11-12-30(41)35-13-9-10-23(5)16-25(39)17-26(40)18-31-36-28(21-46-31)33(38)42/h9-12,16,21-22,24-25,27,29,32,39H,7-8,13-15,17-20H2,1-6H3,(H,35,41). The Kier molecular flexibility index (Phi) is 14.3. The Bertz CT molecular complexity index is 1490. The summed E-state index contributed by atoms with van der Waals surface area (Å²) in [6, 6.07) is 0. The Morgan fingerprint density at radius 1 is 1.12 bits per heavy atom. The van der Waals surface area contributed by atoms with E-state index in [1.165, 1.54) is 17.1 Å². The van der Waals surface area contributed by atoms with Crippen molar-refractivity contribution in [2.24, 2.45) is 17.8 Å². The van der Waals surface area contributed by atoms with Crippen LogP contribution in [0.5, 0.6) is 0 Å². The minimum absolute atomic E-state index is 0.0262. The second-order valence-electron chi connectivity index (χ2n) is 12.8. The van der Waals surface area contributed by atoms with Crippen LogP contribution < -0.4 is 5.32 Å². The topological polar surface area (TPSA) is 176 Å². The molecular weight excluding hydrogens is 640 g/mol. The number of nitrogens with one attached hydrogen (secondary N) is 1. The number of Topliss-reactive ketones (excluding diaryl/α,β-unsaturated/α-hetero) is 1. The van der Waals surface area contributed by atoms with Crippen LogP contribution in [-0.2, 0) is 35.4 Å². The maximum atomic E-state index is 13.8. The third kappa shape index (κ3) is 11.0. The fourth-order valence-corrected chi connectivity index (χ4v) is 7.83. The number of aromatic nitrogens is 1. The van der Waals surface area contributed by atoms with E-state index in [0.717, 1.165) is 6.26 Å². The lowest BCUT2D eigenvalue weighted by molar-refractivity contribution is -0.157. The van der Waals surface area contributed by atoms with Crippen molar-refractivity contribution in [3.63, 3.8) is 0 Å². The van der Waals surface area contributed by atoms with E-state index in [1.807, 2.05) is 32.6 Å². The van der Waals surface area contributed by atoms with E-state index in [1.54, 1.807) is 32.1 Å². The molecular formula is C34H50N4O9S. The van der Waals surface area contributed by atoms with E-state index in [4.69, 9.17) is 9.15 Å². The molecule has 2 N–H and O–H groups in total. The Morgan fingerprint density at radius 3 is 2.50 bits per heavy atom. The lowest BCUT2D eigenvalue weighted by Crippen LogP contribution is -2.41. The van der Waals surface area contributed by atoms with Crippen LogP contribution in [0.3, 0.4) is 0 Å². The highest BCUT2D eigenvalue weighted by Gasteiger charge is 2.48. The lowest BCUT2D eigenvalue weighted by Gasteiger charge is -2.28. The minimum Gasteiger partial charge on any atom is -0.461 e. The number of fused-ring (bicyclic) bond motifs is 4. The largest absolute Gasteiger partial charge is 0.461 e. The number of rotatable bonds is 7. The normalized spacial score (nSPS) is 25.6. The number of esters is 1. The highest BCUT2D eigenvalue weighted by atomic mass is 32.2. The monoisotopic (exact) mass is 690 g/mol. The number of ketones is 1. The predicted molar refractivity (Wildman–Crippen MR) is 180 cm³/mol. The van der Waals surface area contributed by atoms with Gasteiger partial charge < -0.3 is 29.4 Å². The number of hydrogen-bond donors (Lipinski definition) is 2. The van der Waals surface area contributed by atoms with E-state index < -0.39 is 45.1 Å². The fraction of sp³-hybridized carbons (Fsp3) is 0.618. The van der Waals surface area contributed by atoms with Gasteiger partial charge in [0.1, 0.15) is 18.2 Å². The van der Waals surface area contributed by atoms with Crippen LogP contribution >= 0.6 is 0 Å². The summed E-state index contributed by atoms with van der Waals surface area (Å²) < 4.78 is 38.8. The average Bonchev–Trinajstić information content (AvgIpc) is 3.68. The van der Waals surface area contributed by atoms with Gasteiger partial charge in [-0.05, 0) is 32.0 Å². The molecule has 0 aromatic carbocycles. The van der Waals surface area contributed by atoms with Gasteiger partial charge in [-0.25, -0.2) is 13.4 Å². The quantitative estimate of drug-likeness (QED) is 0.401. The van der Waals surface area contributed by atoms with Gasteiger partial charge in [0.2, 0.25) is 11.8 Å². The fourth-order valence-electron chi connectivity index (χ4n) is 5.91. The molecule has 14 heteroatoms. The summed E-state index contributed by atoms with van der Waals surface area (Å²) in [6.45, 7) is 12.5. The van der Waals surface area contributed by atoms with Gasteiger partial charge in [-0.15, -0.1) is 0 Å². The maximum Gasteiger partial charge on any atom is 0.312 e. The van der Waals surface area contributed by atoms with Gasteiger partial charge in [-0.2, -0.15) is 0 Å². The molecule has 1 fully saturated rings. The Labute approximate surface area is 283 Å². The zero-order valence-electron chi connectivity index (χ0n) is 28.8. The van der Waals surface area contributed by atoms with Gasteiger partial charge in [-0.3, -0.25) is 19.2 Å². The molecule has 1 saturated heterocycles. The van der Waals surface area contributed by atoms with Crippen LogP contribution in [0, 0.1) is 17.8 Å². The van der Waals surface area contributed by atoms with Gasteiger partial charge in [0.25, 0.3) is 5.91 Å². The highest BCUT2D eigenvalue weighted by molar-refractivity contribution is 7.92. The molecule has 13 nitrogen and oxygen atoms in total. The number of ether oxygens (including phenoxy) is 1. The van der Waals surface area contributed by atoms with Crippen LogP contribution in [0.25, 0.3) is 0 Å². The Hall–Kier alpha value is -3.62. The molecule has 266 valence electrons. The Balaban J connectivity index is 1.96. The van der Waals surface area contributed by atoms with Gasteiger partial charge in [0.05, 0.1) is 29.4 Å². The van der Waals surface area contributed by atoms with E-state index in [2.05, 4.69) is 10.3 Å². The number of nitrogens with zero attached hydrogens (tertiary/aromatic N) is 3. The molecule has 5 unspecified atom stereocenters. The first kappa shape index (κ1) is 38.8. The first-order valence-corrected chi connectivity index (χ1v) is 18.2. The second-order valence-corrected chi connectivity index (χ2v) is 15.1. The molecule has 0 aliphatic carbocycles. The third-order valence-corrected chi connectivity index (χ3v) is 10.8. The van der Waals surface area contributed by atoms with E-state index in [0.29, 0.717) is 18.7 Å². The molecule has 3 rings (SSSR count). The summed E-state index contributed by atoms with van der Waals surface area (Å²) >= 11 is 0. The number of cyclic esters (lactones) is 1. The van der Waals surface area contributed by atoms with Gasteiger partial charge >= 0.3 is 5.97 Å². The summed E-state index contributed by atoms with van der Waals surface area (Å²) in [7, 11) is -3.87. The van der Waals surface area contributed by atoms with Crippen molar-refractivity contribution in [1.29, 1.82) is 0 Å². The number of allylic oxidation sites excluding steroid dienone is 2. The number of carbonyl (C=O) groups is 4. The summed E-state index contributed by atoms with van der Waals surface area (Å²) in [4.78, 5) is 59.9. The van der Waals surface area contributed by atoms with Crippen LogP contribution in [-0.4, -0.2) is 114 Å². The molecule has 0 radical (unpaired) electrons. The van der Waals surface area contributed by atoms with Crippen molar-refractivity contribution in [2.45, 2.75) is 71.8 Å². The zero-order chi connectivity index (χ0) is 35.6. The van der Waals surface area contributed by atoms with Crippen molar-refractivity contribution >= 4 is 33.4 Å². The second kappa shape index (κ2) is 17.7. The first-order valence-electron chi connectivity index (χ1n) is 16.5. The summed E-state index contributed by atoms with van der Waals surface area (Å²) in [5, 5.41) is 11.9. The van der Waals surface area contributed by atoms with E-state index in [-0.39, 0.29) is 79.9 Å². The smallest absolute Gasteiger partial charge is 0.312 e. The third-order valence-electron chi connectivity index (χ3n) is 8.67. The van der Waals surface area contributed by atoms with Gasteiger partial charge in [-0.1, -0.05) is 64.5 Å². The molecule has 5 atom stereocenters. The van der Waals surface area contributed by atoms with Crippen LogP contribution in [0.15, 0.2) is 46.6 Å². The number of aliphatic hydroxyl groups excluding tert-OH is 1. The van der Waals surface area contributed by atoms with Crippen molar-refractivity contribution < 1.29 is 41.9 Å². The number of aliphatic hydroxyl groups is 1. The summed E-state index contributed by atoms with van der Waals surface area (Å²) in [5.74, 6) is -4.04. The van der Waals surface area contributed by atoms with Crippen molar-refractivity contribution in [1.82, 2.24) is 20.1 Å². The van der Waals surface area contributed by atoms with E-state index in [9.17, 15) is 32.7 Å². The number of sulfone groups is 1. The van der Waals surface area contributed by atoms with Crippen molar-refractivity contribution in [2.75, 3.05) is 45.0 Å². The number of carbonyl (C=O) groups excluding carboxylic acids is 4. The first-order chi connectivity index (χ1) is 22.6.